The first-order chi connectivity index (χ1) is 16.4. The van der Waals surface area contributed by atoms with Crippen LogP contribution >= 0.6 is 0 Å². The molecule has 198 valence electrons. The molecule has 4 saturated carbocycles. The molecular formula is C29H48F4O. The fourth-order valence-corrected chi connectivity index (χ4v) is 8.11. The monoisotopic (exact) mass is 488 g/mol. The molecule has 0 aliphatic heterocycles. The smallest absolute Gasteiger partial charge is 0.134 e. The second-order valence-corrected chi connectivity index (χ2v) is 12.3. The number of alkyl halides is 4. The van der Waals surface area contributed by atoms with Crippen molar-refractivity contribution in [3.05, 3.63) is 0 Å². The molecule has 5 heteroatoms. The average Bonchev–Trinajstić information content (AvgIpc) is 2.85. The van der Waals surface area contributed by atoms with Crippen LogP contribution < -0.4 is 0 Å². The molecule has 4 aliphatic rings. The summed E-state index contributed by atoms with van der Waals surface area (Å²) in [6, 6.07) is 0. The molecule has 0 spiro atoms. The third kappa shape index (κ3) is 6.14. The first-order valence-electron chi connectivity index (χ1n) is 14.6. The molecule has 4 aliphatic carbocycles. The van der Waals surface area contributed by atoms with Gasteiger partial charge in [0.1, 0.15) is 24.7 Å². The lowest BCUT2D eigenvalue weighted by Gasteiger charge is -2.44. The van der Waals surface area contributed by atoms with Crippen molar-refractivity contribution in [2.24, 2.45) is 41.4 Å². The highest BCUT2D eigenvalue weighted by atomic mass is 19.2. The zero-order chi connectivity index (χ0) is 24.2. The van der Waals surface area contributed by atoms with Crippen LogP contribution in [0.25, 0.3) is 0 Å². The maximum Gasteiger partial charge on any atom is 0.134 e. The second-order valence-electron chi connectivity index (χ2n) is 12.3. The van der Waals surface area contributed by atoms with Crippen LogP contribution in [0.2, 0.25) is 0 Å². The lowest BCUT2D eigenvalue weighted by Crippen LogP contribution is -2.45. The van der Waals surface area contributed by atoms with E-state index in [-0.39, 0.29) is 23.7 Å². The second kappa shape index (κ2) is 12.3. The van der Waals surface area contributed by atoms with E-state index in [1.165, 1.54) is 0 Å². The molecule has 0 aromatic rings. The van der Waals surface area contributed by atoms with Gasteiger partial charge in [0.05, 0.1) is 6.10 Å². The van der Waals surface area contributed by atoms with Crippen LogP contribution in [0.15, 0.2) is 0 Å². The molecule has 8 unspecified atom stereocenters. The minimum atomic E-state index is -1.32. The Kier molecular flexibility index (Phi) is 9.66. The van der Waals surface area contributed by atoms with Crippen LogP contribution in [-0.4, -0.2) is 37.4 Å². The summed E-state index contributed by atoms with van der Waals surface area (Å²) >= 11 is 0. The number of halogens is 4. The van der Waals surface area contributed by atoms with Gasteiger partial charge in [-0.1, -0.05) is 26.2 Å². The normalized spacial score (nSPS) is 48.5. The van der Waals surface area contributed by atoms with E-state index in [1.807, 2.05) is 13.8 Å². The van der Waals surface area contributed by atoms with Crippen molar-refractivity contribution < 1.29 is 22.3 Å². The van der Waals surface area contributed by atoms with Crippen molar-refractivity contribution in [1.82, 2.24) is 0 Å². The standard InChI is InChI=1S/C29H48F4O/c1-3-34-23-14-12-21(13-15-23)25-17-16-24(28(32)29(25)33)20-9-5-19(6-10-20)7-11-22-8-4-18(2)26(30)27(22)31/h18-29H,3-17H2,1-2H3. The maximum atomic E-state index is 15.4. The molecule has 0 bridgehead atoms. The summed E-state index contributed by atoms with van der Waals surface area (Å²) in [5.74, 6) is 0.606. The minimum absolute atomic E-state index is 0.114. The fourth-order valence-electron chi connectivity index (χ4n) is 8.11. The van der Waals surface area contributed by atoms with Gasteiger partial charge in [-0.05, 0) is 119 Å². The van der Waals surface area contributed by atoms with Gasteiger partial charge in [-0.25, -0.2) is 17.6 Å². The van der Waals surface area contributed by atoms with Gasteiger partial charge in [0, 0.05) is 6.61 Å². The Morgan fingerprint density at radius 2 is 1.15 bits per heavy atom. The van der Waals surface area contributed by atoms with Crippen LogP contribution in [0, 0.1) is 41.4 Å². The molecule has 34 heavy (non-hydrogen) atoms. The number of hydrogen-bond donors (Lipinski definition) is 0. The highest BCUT2D eigenvalue weighted by Crippen LogP contribution is 2.48. The molecular weight excluding hydrogens is 440 g/mol. The summed E-state index contributed by atoms with van der Waals surface area (Å²) in [7, 11) is 0. The lowest BCUT2D eigenvalue weighted by molar-refractivity contribution is -0.0476. The average molecular weight is 489 g/mol. The first kappa shape index (κ1) is 26.7. The molecule has 0 heterocycles. The predicted octanol–water partition coefficient (Wildman–Crippen LogP) is 8.59. The number of ether oxygens (including phenoxy) is 1. The Labute approximate surface area is 205 Å². The highest BCUT2D eigenvalue weighted by molar-refractivity contribution is 4.95. The summed E-state index contributed by atoms with van der Waals surface area (Å²) in [6.07, 6.45) is 7.99. The molecule has 1 nitrogen and oxygen atoms in total. The van der Waals surface area contributed by atoms with E-state index in [9.17, 15) is 8.78 Å². The van der Waals surface area contributed by atoms with Gasteiger partial charge in [0.15, 0.2) is 0 Å². The van der Waals surface area contributed by atoms with Gasteiger partial charge in [0.25, 0.3) is 0 Å². The predicted molar refractivity (Wildman–Crippen MR) is 130 cm³/mol. The molecule has 0 N–H and O–H groups in total. The molecule has 0 saturated heterocycles. The van der Waals surface area contributed by atoms with Gasteiger partial charge >= 0.3 is 0 Å². The number of hydrogen-bond acceptors (Lipinski definition) is 1. The van der Waals surface area contributed by atoms with Gasteiger partial charge < -0.3 is 4.74 Å². The van der Waals surface area contributed by atoms with E-state index in [1.54, 1.807) is 0 Å². The first-order valence-corrected chi connectivity index (χ1v) is 14.6. The fraction of sp³-hybridized carbons (Fsp3) is 1.00. The molecule has 0 aromatic carbocycles. The third-order valence-electron chi connectivity index (χ3n) is 10.4. The Hall–Kier alpha value is -0.320. The molecule has 0 radical (unpaired) electrons. The summed E-state index contributed by atoms with van der Waals surface area (Å²) in [6.45, 7) is 4.56. The third-order valence-corrected chi connectivity index (χ3v) is 10.4. The van der Waals surface area contributed by atoms with Crippen molar-refractivity contribution in [2.75, 3.05) is 6.61 Å². The van der Waals surface area contributed by atoms with Crippen LogP contribution in [0.1, 0.15) is 104 Å². The molecule has 8 atom stereocenters. The van der Waals surface area contributed by atoms with Crippen molar-refractivity contribution in [2.45, 2.75) is 135 Å². The Morgan fingerprint density at radius 3 is 1.71 bits per heavy atom. The largest absolute Gasteiger partial charge is 0.379 e. The minimum Gasteiger partial charge on any atom is -0.379 e. The zero-order valence-electron chi connectivity index (χ0n) is 21.5. The topological polar surface area (TPSA) is 9.23 Å². The van der Waals surface area contributed by atoms with E-state index in [2.05, 4.69) is 0 Å². The van der Waals surface area contributed by atoms with Crippen LogP contribution in [-0.2, 0) is 4.74 Å². The number of rotatable bonds is 7. The molecule has 4 fully saturated rings. The van der Waals surface area contributed by atoms with E-state index in [0.29, 0.717) is 23.9 Å². The maximum absolute atomic E-state index is 15.4. The van der Waals surface area contributed by atoms with Gasteiger partial charge in [0.2, 0.25) is 0 Å². The summed E-state index contributed by atoms with van der Waals surface area (Å²) in [5.41, 5.74) is 0. The lowest BCUT2D eigenvalue weighted by atomic mass is 9.63. The Balaban J connectivity index is 1.19. The van der Waals surface area contributed by atoms with Gasteiger partial charge in [-0.2, -0.15) is 0 Å². The van der Waals surface area contributed by atoms with Gasteiger partial charge in [-0.3, -0.25) is 0 Å². The molecule has 4 rings (SSSR count). The van der Waals surface area contributed by atoms with Crippen LogP contribution in [0.5, 0.6) is 0 Å². The summed E-state index contributed by atoms with van der Waals surface area (Å²) in [5, 5.41) is 0. The summed E-state index contributed by atoms with van der Waals surface area (Å²) in [4.78, 5) is 0. The van der Waals surface area contributed by atoms with Crippen molar-refractivity contribution in [3.63, 3.8) is 0 Å². The Morgan fingerprint density at radius 1 is 0.588 bits per heavy atom. The van der Waals surface area contributed by atoms with Crippen molar-refractivity contribution in [1.29, 1.82) is 0 Å². The van der Waals surface area contributed by atoms with E-state index >= 15 is 8.78 Å². The van der Waals surface area contributed by atoms with Crippen molar-refractivity contribution in [3.8, 4) is 0 Å². The zero-order valence-corrected chi connectivity index (χ0v) is 21.5. The Bertz CT molecular complexity index is 601. The molecule has 0 aromatic heterocycles. The van der Waals surface area contributed by atoms with E-state index in [0.717, 1.165) is 96.5 Å². The quantitative estimate of drug-likeness (QED) is 0.326. The van der Waals surface area contributed by atoms with Crippen molar-refractivity contribution >= 4 is 0 Å². The summed E-state index contributed by atoms with van der Waals surface area (Å²) < 4.78 is 64.8. The van der Waals surface area contributed by atoms with E-state index in [4.69, 9.17) is 4.74 Å². The van der Waals surface area contributed by atoms with Crippen LogP contribution in [0.4, 0.5) is 17.6 Å². The van der Waals surface area contributed by atoms with E-state index < -0.39 is 24.7 Å². The molecule has 0 amide bonds. The SMILES string of the molecule is CCOC1CCC(C2CCC(C3CCC(CCC4CCC(C)C(F)C4F)CC3)C(F)C2F)CC1. The highest BCUT2D eigenvalue weighted by Gasteiger charge is 2.47. The van der Waals surface area contributed by atoms with Crippen LogP contribution in [0.3, 0.4) is 0 Å². The van der Waals surface area contributed by atoms with Gasteiger partial charge in [-0.15, -0.1) is 0 Å².